The number of rotatable bonds is 2. The van der Waals surface area contributed by atoms with E-state index in [9.17, 15) is 10.1 Å². The average molecular weight is 397 g/mol. The molecule has 2 rings (SSSR count). The van der Waals surface area contributed by atoms with E-state index in [0.717, 1.165) is 15.9 Å². The number of halogens is 1. The summed E-state index contributed by atoms with van der Waals surface area (Å²) in [6.07, 6.45) is 1.61. The fourth-order valence-corrected chi connectivity index (χ4v) is 3.44. The van der Waals surface area contributed by atoms with E-state index in [-0.39, 0.29) is 6.09 Å². The molecule has 1 aliphatic rings. The number of ether oxygens (including phenoxy) is 1. The van der Waals surface area contributed by atoms with Crippen LogP contribution >= 0.6 is 15.9 Å². The van der Waals surface area contributed by atoms with E-state index in [1.807, 2.05) is 39.4 Å². The lowest BCUT2D eigenvalue weighted by Crippen LogP contribution is -2.45. The van der Waals surface area contributed by atoms with Gasteiger partial charge in [-0.3, -0.25) is 4.68 Å². The number of carbonyl (C=O) groups is 1. The van der Waals surface area contributed by atoms with E-state index in [1.165, 1.54) is 0 Å². The molecule has 1 fully saturated rings. The Kier molecular flexibility index (Phi) is 5.28. The molecule has 0 radical (unpaired) electrons. The van der Waals surface area contributed by atoms with Crippen molar-refractivity contribution in [3.8, 4) is 6.07 Å². The lowest BCUT2D eigenvalue weighted by Gasteiger charge is -2.37. The molecule has 1 amide bonds. The molecular formula is C17H25BrN4O2. The molecule has 0 bridgehead atoms. The van der Waals surface area contributed by atoms with Crippen molar-refractivity contribution in [1.29, 1.82) is 5.26 Å². The first kappa shape index (κ1) is 18.8. The van der Waals surface area contributed by atoms with Crippen molar-refractivity contribution >= 4 is 22.0 Å². The minimum Gasteiger partial charge on any atom is -0.444 e. The highest BCUT2D eigenvalue weighted by Gasteiger charge is 2.38. The lowest BCUT2D eigenvalue weighted by molar-refractivity contribution is 0.0147. The molecular weight excluding hydrogens is 372 g/mol. The van der Waals surface area contributed by atoms with E-state index in [2.05, 4.69) is 27.1 Å². The predicted octanol–water partition coefficient (Wildman–Crippen LogP) is 3.57. The van der Waals surface area contributed by atoms with Gasteiger partial charge >= 0.3 is 6.09 Å². The largest absolute Gasteiger partial charge is 0.444 e. The number of nitrogens with zero attached hydrogens (tertiary/aromatic N) is 4. The Balaban J connectivity index is 2.07. The third-order valence-corrected chi connectivity index (χ3v) is 5.41. The van der Waals surface area contributed by atoms with Gasteiger partial charge < -0.3 is 9.64 Å². The molecule has 0 aromatic carbocycles. The smallest absolute Gasteiger partial charge is 0.410 e. The number of nitriles is 1. The van der Waals surface area contributed by atoms with Crippen LogP contribution in [0.3, 0.4) is 0 Å². The Hall–Kier alpha value is -1.55. The van der Waals surface area contributed by atoms with Gasteiger partial charge in [-0.1, -0.05) is 0 Å². The van der Waals surface area contributed by atoms with Gasteiger partial charge in [-0.25, -0.2) is 4.79 Å². The topological polar surface area (TPSA) is 71.2 Å². The molecule has 0 atom stereocenters. The maximum Gasteiger partial charge on any atom is 0.410 e. The van der Waals surface area contributed by atoms with Gasteiger partial charge in [-0.05, 0) is 56.5 Å². The van der Waals surface area contributed by atoms with Gasteiger partial charge in [0.15, 0.2) is 0 Å². The Labute approximate surface area is 151 Å². The summed E-state index contributed by atoms with van der Waals surface area (Å²) in [5, 5.41) is 14.2. The number of hydrogen-bond donors (Lipinski definition) is 0. The molecule has 2 heterocycles. The number of carbonyl (C=O) groups excluding carboxylic acids is 1. The number of aryl methyl sites for hydroxylation is 2. The summed E-state index contributed by atoms with van der Waals surface area (Å²) < 4.78 is 8.22. The summed E-state index contributed by atoms with van der Waals surface area (Å²) in [7, 11) is 1.90. The minimum absolute atomic E-state index is 0.299. The van der Waals surface area contributed by atoms with E-state index < -0.39 is 11.0 Å². The van der Waals surface area contributed by atoms with Crippen LogP contribution in [0.5, 0.6) is 0 Å². The third-order valence-electron chi connectivity index (χ3n) is 4.38. The second-order valence-corrected chi connectivity index (χ2v) is 8.30. The number of amides is 1. The molecule has 0 saturated carbocycles. The molecule has 0 aliphatic carbocycles. The normalized spacial score (nSPS) is 17.5. The zero-order valence-corrected chi connectivity index (χ0v) is 16.6. The number of hydrogen-bond acceptors (Lipinski definition) is 4. The number of piperidine rings is 1. The second kappa shape index (κ2) is 6.75. The molecule has 0 spiro atoms. The highest BCUT2D eigenvalue weighted by Crippen LogP contribution is 2.37. The van der Waals surface area contributed by atoms with Crippen LogP contribution in [-0.2, 0) is 18.2 Å². The molecule has 24 heavy (non-hydrogen) atoms. The molecule has 1 aromatic rings. The summed E-state index contributed by atoms with van der Waals surface area (Å²) in [5.74, 6) is 0. The summed E-state index contributed by atoms with van der Waals surface area (Å²) in [6, 6.07) is 2.50. The highest BCUT2D eigenvalue weighted by molar-refractivity contribution is 9.10. The second-order valence-electron chi connectivity index (χ2n) is 7.51. The molecule has 6 nitrogen and oxygen atoms in total. The molecule has 1 saturated heterocycles. The van der Waals surface area contributed by atoms with E-state index >= 15 is 0 Å². The fraction of sp³-hybridized carbons (Fsp3) is 0.706. The van der Waals surface area contributed by atoms with Gasteiger partial charge in [0.25, 0.3) is 0 Å². The molecule has 1 aromatic heterocycles. The van der Waals surface area contributed by atoms with Crippen molar-refractivity contribution < 1.29 is 9.53 Å². The SMILES string of the molecule is Cc1nn(C)c(CC2(C#N)CCN(C(=O)OC(C)(C)C)CC2)c1Br. The van der Waals surface area contributed by atoms with Crippen LogP contribution in [0.25, 0.3) is 0 Å². The summed E-state index contributed by atoms with van der Waals surface area (Å²) in [6.45, 7) is 8.59. The van der Waals surface area contributed by atoms with Crippen LogP contribution in [0.15, 0.2) is 4.47 Å². The lowest BCUT2D eigenvalue weighted by atomic mass is 9.76. The van der Waals surface area contributed by atoms with Crippen LogP contribution in [0, 0.1) is 23.7 Å². The average Bonchev–Trinajstić information content (AvgIpc) is 2.72. The maximum absolute atomic E-state index is 12.2. The molecule has 0 N–H and O–H groups in total. The Bertz CT molecular complexity index is 661. The van der Waals surface area contributed by atoms with Crippen LogP contribution in [0.2, 0.25) is 0 Å². The fourth-order valence-electron chi connectivity index (χ4n) is 2.96. The first-order valence-electron chi connectivity index (χ1n) is 8.14. The predicted molar refractivity (Wildman–Crippen MR) is 94.4 cm³/mol. The van der Waals surface area contributed by atoms with E-state index in [4.69, 9.17) is 4.74 Å². The van der Waals surface area contributed by atoms with Crippen LogP contribution < -0.4 is 0 Å². The monoisotopic (exact) mass is 396 g/mol. The van der Waals surface area contributed by atoms with Gasteiger partial charge in [0.05, 0.1) is 27.3 Å². The van der Waals surface area contributed by atoms with E-state index in [0.29, 0.717) is 32.4 Å². The zero-order chi connectivity index (χ0) is 18.1. The van der Waals surface area contributed by atoms with E-state index in [1.54, 1.807) is 4.90 Å². The van der Waals surface area contributed by atoms with Crippen molar-refractivity contribution in [1.82, 2.24) is 14.7 Å². The Morgan fingerprint density at radius 1 is 1.42 bits per heavy atom. The van der Waals surface area contributed by atoms with Gasteiger partial charge in [-0.15, -0.1) is 0 Å². The van der Waals surface area contributed by atoms with Gasteiger partial charge in [0, 0.05) is 26.6 Å². The van der Waals surface area contributed by atoms with Gasteiger partial charge in [0.2, 0.25) is 0 Å². The number of likely N-dealkylation sites (tertiary alicyclic amines) is 1. The highest BCUT2D eigenvalue weighted by atomic mass is 79.9. The molecule has 7 heteroatoms. The number of aromatic nitrogens is 2. The van der Waals surface area contributed by atoms with Crippen molar-refractivity contribution in [2.24, 2.45) is 12.5 Å². The molecule has 1 aliphatic heterocycles. The molecule has 0 unspecified atom stereocenters. The maximum atomic E-state index is 12.2. The van der Waals surface area contributed by atoms with Crippen molar-refractivity contribution in [3.63, 3.8) is 0 Å². The van der Waals surface area contributed by atoms with Crippen molar-refractivity contribution in [2.75, 3.05) is 13.1 Å². The summed E-state index contributed by atoms with van der Waals surface area (Å²) >= 11 is 3.57. The van der Waals surface area contributed by atoms with Crippen LogP contribution in [0.1, 0.15) is 45.0 Å². The van der Waals surface area contributed by atoms with Crippen molar-refractivity contribution in [3.05, 3.63) is 15.9 Å². The van der Waals surface area contributed by atoms with Gasteiger partial charge in [-0.2, -0.15) is 10.4 Å². The third kappa shape index (κ3) is 4.10. The minimum atomic E-state index is -0.502. The zero-order valence-electron chi connectivity index (χ0n) is 15.0. The standard InChI is InChI=1S/C17H25BrN4O2/c1-12-14(18)13(21(5)20-12)10-17(11-19)6-8-22(9-7-17)15(23)24-16(2,3)4/h6-10H2,1-5H3. The quantitative estimate of drug-likeness (QED) is 0.765. The summed E-state index contributed by atoms with van der Waals surface area (Å²) in [4.78, 5) is 13.9. The molecule has 132 valence electrons. The van der Waals surface area contributed by atoms with Gasteiger partial charge in [0.1, 0.15) is 5.60 Å². The first-order valence-corrected chi connectivity index (χ1v) is 8.93. The Morgan fingerprint density at radius 2 is 2.00 bits per heavy atom. The van der Waals surface area contributed by atoms with Crippen molar-refractivity contribution in [2.45, 2.75) is 52.6 Å². The van der Waals surface area contributed by atoms with Crippen LogP contribution in [0.4, 0.5) is 4.79 Å². The van der Waals surface area contributed by atoms with Crippen LogP contribution in [-0.4, -0.2) is 39.5 Å². The summed E-state index contributed by atoms with van der Waals surface area (Å²) in [5.41, 5.74) is 0.978. The first-order chi connectivity index (χ1) is 11.1. The Morgan fingerprint density at radius 3 is 2.42 bits per heavy atom.